The first kappa shape index (κ1) is 10.2. The van der Waals surface area contributed by atoms with Crippen LogP contribution >= 0.6 is 15.9 Å². The van der Waals surface area contributed by atoms with Crippen molar-refractivity contribution in [3.8, 4) is 0 Å². The van der Waals surface area contributed by atoms with Gasteiger partial charge in [-0.15, -0.1) is 0 Å². The largest absolute Gasteiger partial charge is 0.475 e. The molecule has 0 aliphatic carbocycles. The molecule has 0 aliphatic rings. The van der Waals surface area contributed by atoms with Gasteiger partial charge in [0.2, 0.25) is 15.8 Å². The number of sulfonamides is 1. The van der Waals surface area contributed by atoms with Gasteiger partial charge in [0.25, 0.3) is 0 Å². The number of rotatable bonds is 2. The Kier molecular flexibility index (Phi) is 2.46. The lowest BCUT2D eigenvalue weighted by molar-refractivity contribution is 0.0661. The number of carbonyl (C=O) groups is 1. The third-order valence-electron chi connectivity index (χ3n) is 1.17. The van der Waals surface area contributed by atoms with Gasteiger partial charge in [0, 0.05) is 6.07 Å². The molecule has 3 N–H and O–H groups in total. The molecule has 1 aromatic rings. The third kappa shape index (κ3) is 2.08. The van der Waals surface area contributed by atoms with Gasteiger partial charge in [-0.05, 0) is 15.9 Å². The van der Waals surface area contributed by atoms with Gasteiger partial charge in [-0.3, -0.25) is 0 Å². The van der Waals surface area contributed by atoms with Crippen LogP contribution in [-0.4, -0.2) is 19.5 Å². The Labute approximate surface area is 81.5 Å². The Balaban J connectivity index is 3.35. The summed E-state index contributed by atoms with van der Waals surface area (Å²) in [6.45, 7) is 0. The second-order valence-corrected chi connectivity index (χ2v) is 4.35. The molecule has 1 aromatic heterocycles. The summed E-state index contributed by atoms with van der Waals surface area (Å²) in [5.41, 5.74) is 0. The first-order valence-electron chi connectivity index (χ1n) is 2.88. The molecule has 0 bridgehead atoms. The number of aromatic carboxylic acids is 1. The second-order valence-electron chi connectivity index (χ2n) is 2.10. The van der Waals surface area contributed by atoms with Crippen molar-refractivity contribution in [2.75, 3.05) is 0 Å². The fourth-order valence-electron chi connectivity index (χ4n) is 0.651. The molecule has 0 unspecified atom stereocenters. The van der Waals surface area contributed by atoms with Crippen LogP contribution in [-0.2, 0) is 10.0 Å². The second kappa shape index (κ2) is 3.13. The first-order chi connectivity index (χ1) is 5.82. The minimum atomic E-state index is -3.95. The van der Waals surface area contributed by atoms with E-state index in [2.05, 4.69) is 20.3 Å². The number of halogens is 1. The van der Waals surface area contributed by atoms with Gasteiger partial charge < -0.3 is 9.52 Å². The van der Waals surface area contributed by atoms with E-state index in [4.69, 9.17) is 10.2 Å². The maximum absolute atomic E-state index is 10.8. The molecule has 6 nitrogen and oxygen atoms in total. The molecular weight excluding hydrogens is 266 g/mol. The molecule has 1 rings (SSSR count). The van der Waals surface area contributed by atoms with E-state index in [-0.39, 0.29) is 9.56 Å². The zero-order chi connectivity index (χ0) is 10.2. The maximum Gasteiger partial charge on any atom is 0.371 e. The minimum absolute atomic E-state index is 0.215. The van der Waals surface area contributed by atoms with Crippen molar-refractivity contribution in [1.82, 2.24) is 0 Å². The fourth-order valence-corrected chi connectivity index (χ4v) is 2.15. The van der Waals surface area contributed by atoms with Gasteiger partial charge in [-0.1, -0.05) is 0 Å². The highest BCUT2D eigenvalue weighted by atomic mass is 79.9. The van der Waals surface area contributed by atoms with E-state index in [1.54, 1.807) is 0 Å². The van der Waals surface area contributed by atoms with Crippen LogP contribution in [0.2, 0.25) is 0 Å². The summed E-state index contributed by atoms with van der Waals surface area (Å²) in [4.78, 5) is 9.96. The predicted octanol–water partition coefficient (Wildman–Crippen LogP) is 0.388. The molecule has 0 atom stereocenters. The summed E-state index contributed by atoms with van der Waals surface area (Å²) >= 11 is 2.73. The number of primary sulfonamides is 1. The Morgan fingerprint density at radius 1 is 1.62 bits per heavy atom. The van der Waals surface area contributed by atoms with Crippen LogP contribution in [0.15, 0.2) is 20.0 Å². The minimum Gasteiger partial charge on any atom is -0.475 e. The molecule has 1 heterocycles. The molecule has 72 valence electrons. The zero-order valence-electron chi connectivity index (χ0n) is 6.02. The van der Waals surface area contributed by atoms with Gasteiger partial charge in [-0.2, -0.15) is 0 Å². The van der Waals surface area contributed by atoms with Crippen molar-refractivity contribution in [3.05, 3.63) is 16.5 Å². The monoisotopic (exact) mass is 269 g/mol. The van der Waals surface area contributed by atoms with Crippen LogP contribution in [0.3, 0.4) is 0 Å². The van der Waals surface area contributed by atoms with Gasteiger partial charge in [0.1, 0.15) is 4.90 Å². The number of carboxylic acids is 1. The molecule has 0 radical (unpaired) electrons. The highest BCUT2D eigenvalue weighted by Gasteiger charge is 2.21. The number of carboxylic acid groups (broad SMARTS) is 1. The lowest BCUT2D eigenvalue weighted by Gasteiger charge is -1.89. The molecule has 0 aliphatic heterocycles. The standard InChI is InChI=1S/C5H4BrNO5S/c6-4-3(13(7,10)11)1-2(12-4)5(8)9/h1H,(H,8,9)(H2,7,10,11). The highest BCUT2D eigenvalue weighted by Crippen LogP contribution is 2.24. The van der Waals surface area contributed by atoms with E-state index in [9.17, 15) is 13.2 Å². The lowest BCUT2D eigenvalue weighted by Crippen LogP contribution is -2.11. The third-order valence-corrected chi connectivity index (χ3v) is 2.94. The number of hydrogen-bond acceptors (Lipinski definition) is 4. The van der Waals surface area contributed by atoms with Gasteiger partial charge in [0.05, 0.1) is 0 Å². The van der Waals surface area contributed by atoms with E-state index in [1.807, 2.05) is 0 Å². The van der Waals surface area contributed by atoms with E-state index >= 15 is 0 Å². The molecule has 0 saturated heterocycles. The summed E-state index contributed by atoms with van der Waals surface area (Å²) in [6.07, 6.45) is 0. The van der Waals surface area contributed by atoms with Crippen molar-refractivity contribution in [2.45, 2.75) is 4.90 Å². The molecule has 0 aromatic carbocycles. The number of hydrogen-bond donors (Lipinski definition) is 2. The van der Waals surface area contributed by atoms with Crippen LogP contribution in [0.1, 0.15) is 10.6 Å². The fraction of sp³-hybridized carbons (Fsp3) is 0. The van der Waals surface area contributed by atoms with E-state index in [0.29, 0.717) is 0 Å². The Bertz CT molecular complexity index is 447. The lowest BCUT2D eigenvalue weighted by atomic mass is 10.5. The molecule has 8 heteroatoms. The average molecular weight is 270 g/mol. The van der Waals surface area contributed by atoms with Crippen molar-refractivity contribution >= 4 is 31.9 Å². The normalized spacial score (nSPS) is 11.5. The van der Waals surface area contributed by atoms with Crippen molar-refractivity contribution in [3.63, 3.8) is 0 Å². The topological polar surface area (TPSA) is 111 Å². The molecule has 0 spiro atoms. The number of nitrogens with two attached hydrogens (primary N) is 1. The first-order valence-corrected chi connectivity index (χ1v) is 5.21. The summed E-state index contributed by atoms with van der Waals surface area (Å²) in [6, 6.07) is 0.835. The van der Waals surface area contributed by atoms with E-state index in [0.717, 1.165) is 6.07 Å². The van der Waals surface area contributed by atoms with Gasteiger partial charge in [0.15, 0.2) is 4.67 Å². The molecule has 0 amide bonds. The van der Waals surface area contributed by atoms with Crippen molar-refractivity contribution < 1.29 is 22.7 Å². The van der Waals surface area contributed by atoms with Crippen molar-refractivity contribution in [1.29, 1.82) is 0 Å². The molecule has 0 saturated carbocycles. The van der Waals surface area contributed by atoms with Crippen LogP contribution < -0.4 is 5.14 Å². The van der Waals surface area contributed by atoms with Gasteiger partial charge in [-0.25, -0.2) is 18.4 Å². The van der Waals surface area contributed by atoms with Gasteiger partial charge >= 0.3 is 5.97 Å². The van der Waals surface area contributed by atoms with Crippen LogP contribution in [0.5, 0.6) is 0 Å². The summed E-state index contributed by atoms with van der Waals surface area (Å²) in [5, 5.41) is 13.2. The zero-order valence-corrected chi connectivity index (χ0v) is 8.42. The highest BCUT2D eigenvalue weighted by molar-refractivity contribution is 9.10. The Hall–Kier alpha value is -0.860. The van der Waals surface area contributed by atoms with Crippen LogP contribution in [0, 0.1) is 0 Å². The summed E-state index contributed by atoms with van der Waals surface area (Å²) < 4.78 is 25.9. The Morgan fingerprint density at radius 2 is 2.15 bits per heavy atom. The predicted molar refractivity (Wildman–Crippen MR) is 44.7 cm³/mol. The van der Waals surface area contributed by atoms with Crippen LogP contribution in [0.25, 0.3) is 0 Å². The van der Waals surface area contributed by atoms with Crippen LogP contribution in [0.4, 0.5) is 0 Å². The van der Waals surface area contributed by atoms with E-state index < -0.39 is 21.8 Å². The molecule has 13 heavy (non-hydrogen) atoms. The summed E-state index contributed by atoms with van der Waals surface area (Å²) in [7, 11) is -3.95. The Morgan fingerprint density at radius 3 is 2.38 bits per heavy atom. The summed E-state index contributed by atoms with van der Waals surface area (Å²) in [5.74, 6) is -1.86. The average Bonchev–Trinajstić information content (AvgIpc) is 2.29. The van der Waals surface area contributed by atoms with E-state index in [1.165, 1.54) is 0 Å². The van der Waals surface area contributed by atoms with Crippen molar-refractivity contribution in [2.24, 2.45) is 5.14 Å². The maximum atomic E-state index is 10.8. The smallest absolute Gasteiger partial charge is 0.371 e. The SMILES string of the molecule is NS(=O)(=O)c1cc(C(=O)O)oc1Br. The quantitative estimate of drug-likeness (QED) is 0.807. The number of furan rings is 1. The molecule has 0 fully saturated rings. The molecular formula is C5H4BrNO5S.